The molecule has 2 aromatic heterocycles. The fraction of sp³-hybridized carbons (Fsp3) is 0.158. The van der Waals surface area contributed by atoms with E-state index in [0.29, 0.717) is 5.69 Å². The Morgan fingerprint density at radius 3 is 2.52 bits per heavy atom. The van der Waals surface area contributed by atoms with Crippen molar-refractivity contribution in [3.63, 3.8) is 0 Å². The zero-order valence-electron chi connectivity index (χ0n) is 16.3. The summed E-state index contributed by atoms with van der Waals surface area (Å²) in [6.07, 6.45) is 0. The molecule has 3 rings (SSSR count). The summed E-state index contributed by atoms with van der Waals surface area (Å²) in [6.45, 7) is 1.65. The number of halogens is 1. The molecule has 1 aromatic carbocycles. The van der Waals surface area contributed by atoms with Crippen LogP contribution in [0.2, 0.25) is 0 Å². The number of benzene rings is 1. The second-order valence-electron chi connectivity index (χ2n) is 6.30. The maximum atomic E-state index is 12.6. The smallest absolute Gasteiger partial charge is 0.383 e. The van der Waals surface area contributed by atoms with Crippen molar-refractivity contribution < 1.29 is 14.0 Å². The molecular weight excluding hydrogens is 533 g/mol. The number of H-pyrrole nitrogens is 1. The number of aryl methyl sites for hydroxylation is 1. The second kappa shape index (κ2) is 9.20. The molecule has 1 atom stereocenters. The van der Waals surface area contributed by atoms with Gasteiger partial charge in [0.25, 0.3) is 0 Å². The van der Waals surface area contributed by atoms with Crippen LogP contribution in [0.15, 0.2) is 38.6 Å². The van der Waals surface area contributed by atoms with Gasteiger partial charge in [0.2, 0.25) is 5.91 Å². The van der Waals surface area contributed by atoms with Gasteiger partial charge in [-0.05, 0) is 59.1 Å². The number of hydrogen-bond acceptors (Lipinski definition) is 8. The topological polar surface area (TPSA) is 165 Å². The molecule has 0 aliphatic rings. The summed E-state index contributed by atoms with van der Waals surface area (Å²) in [5, 5.41) is 23.9. The molecule has 1 amide bonds. The van der Waals surface area contributed by atoms with Gasteiger partial charge in [0.15, 0.2) is 7.05 Å². The second-order valence-corrected chi connectivity index (χ2v) is 8.87. The lowest BCUT2D eigenvalue weighted by Crippen LogP contribution is -2.34. The number of pyridine rings is 1. The summed E-state index contributed by atoms with van der Waals surface area (Å²) in [7, 11) is 1.49. The first-order valence-corrected chi connectivity index (χ1v) is 10.7. The highest BCUT2D eigenvalue weighted by atomic mass is 127. The monoisotopic (exact) mass is 548 g/mol. The molecule has 1 unspecified atom stereocenters. The molecule has 2 heterocycles. The molecule has 12 heteroatoms. The molecule has 0 spiro atoms. The summed E-state index contributed by atoms with van der Waals surface area (Å²) in [4.78, 5) is 29.0. The van der Waals surface area contributed by atoms with Gasteiger partial charge in [0, 0.05) is 9.26 Å². The van der Waals surface area contributed by atoms with Crippen LogP contribution in [0, 0.1) is 26.2 Å². The van der Waals surface area contributed by atoms with Gasteiger partial charge in [0.05, 0.1) is 10.8 Å². The summed E-state index contributed by atoms with van der Waals surface area (Å²) in [5.74, 6) is -0.474. The molecule has 0 radical (unpaired) electrons. The molecule has 0 saturated carbocycles. The third-order valence-corrected chi connectivity index (χ3v) is 6.03. The van der Waals surface area contributed by atoms with Crippen LogP contribution in [0.25, 0.3) is 11.3 Å². The first-order valence-electron chi connectivity index (χ1n) is 8.71. The van der Waals surface area contributed by atoms with E-state index in [9.17, 15) is 20.1 Å². The van der Waals surface area contributed by atoms with Gasteiger partial charge in [0.1, 0.15) is 34.1 Å². The van der Waals surface area contributed by atoms with Crippen LogP contribution in [-0.4, -0.2) is 21.4 Å². The molecule has 0 aliphatic heterocycles. The van der Waals surface area contributed by atoms with E-state index in [1.807, 2.05) is 24.3 Å². The van der Waals surface area contributed by atoms with Crippen molar-refractivity contribution in [3.05, 3.63) is 49.4 Å². The highest BCUT2D eigenvalue weighted by Gasteiger charge is 2.32. The van der Waals surface area contributed by atoms with E-state index in [-0.39, 0.29) is 39.1 Å². The number of nitrogen functional groups attached to an aromatic ring is 1. The Labute approximate surface area is 194 Å². The van der Waals surface area contributed by atoms with E-state index in [1.165, 1.54) is 11.7 Å². The normalized spacial score (nSPS) is 11.4. The van der Waals surface area contributed by atoms with Crippen LogP contribution in [0.5, 0.6) is 0 Å². The number of hydrogen-bond donors (Lipinski definition) is 3. The zero-order valence-corrected chi connectivity index (χ0v) is 19.2. The van der Waals surface area contributed by atoms with Crippen molar-refractivity contribution in [3.8, 4) is 23.4 Å². The Bertz CT molecular complexity index is 1300. The Hall–Kier alpha value is -3.36. The SMILES string of the molecule is CC(Sc1nc(N)c(C#N)c(-c2c(=O)o[nH][n+]2C)c1C#N)C(=O)Nc1ccc(I)cc1. The number of nitrogens with zero attached hydrogens (tertiary/aromatic N) is 4. The number of rotatable bonds is 5. The summed E-state index contributed by atoms with van der Waals surface area (Å²) in [6, 6.07) is 11.1. The highest BCUT2D eigenvalue weighted by molar-refractivity contribution is 14.1. The van der Waals surface area contributed by atoms with Gasteiger partial charge in [-0.3, -0.25) is 9.32 Å². The number of aromatic amines is 1. The highest BCUT2D eigenvalue weighted by Crippen LogP contribution is 2.35. The molecule has 3 aromatic rings. The maximum Gasteiger partial charge on any atom is 0.435 e. The lowest BCUT2D eigenvalue weighted by atomic mass is 10.0. The third kappa shape index (κ3) is 4.55. The fourth-order valence-electron chi connectivity index (χ4n) is 2.73. The maximum absolute atomic E-state index is 12.6. The van der Waals surface area contributed by atoms with Crippen LogP contribution in [0.4, 0.5) is 11.5 Å². The Morgan fingerprint density at radius 2 is 1.97 bits per heavy atom. The summed E-state index contributed by atoms with van der Waals surface area (Å²) in [5.41, 5.74) is 5.57. The minimum absolute atomic E-state index is 0.00254. The number of anilines is 2. The lowest BCUT2D eigenvalue weighted by molar-refractivity contribution is -0.730. The third-order valence-electron chi connectivity index (χ3n) is 4.23. The quantitative estimate of drug-likeness (QED) is 0.247. The minimum atomic E-state index is -0.776. The van der Waals surface area contributed by atoms with Crippen molar-refractivity contribution in [1.29, 1.82) is 10.5 Å². The van der Waals surface area contributed by atoms with Gasteiger partial charge in [-0.1, -0.05) is 16.4 Å². The molecule has 0 bridgehead atoms. The lowest BCUT2D eigenvalue weighted by Gasteiger charge is -2.14. The van der Waals surface area contributed by atoms with Crippen molar-refractivity contribution in [2.75, 3.05) is 11.1 Å². The number of carbonyl (C=O) groups excluding carboxylic acids is 1. The number of nitrogens with one attached hydrogen (secondary N) is 2. The number of aromatic nitrogens is 3. The van der Waals surface area contributed by atoms with Crippen molar-refractivity contribution in [2.24, 2.45) is 7.05 Å². The predicted octanol–water partition coefficient (Wildman–Crippen LogP) is 1.90. The summed E-state index contributed by atoms with van der Waals surface area (Å²) < 4.78 is 7.02. The Kier molecular flexibility index (Phi) is 6.62. The molecular formula is C19H15IN7O3S+. The van der Waals surface area contributed by atoms with E-state index < -0.39 is 10.9 Å². The van der Waals surface area contributed by atoms with E-state index in [2.05, 4.69) is 38.2 Å². The molecule has 0 saturated heterocycles. The van der Waals surface area contributed by atoms with E-state index in [1.54, 1.807) is 19.1 Å². The van der Waals surface area contributed by atoms with Gasteiger partial charge >= 0.3 is 11.3 Å². The number of nitriles is 2. The average Bonchev–Trinajstić information content (AvgIpc) is 3.07. The van der Waals surface area contributed by atoms with Crippen LogP contribution >= 0.6 is 34.4 Å². The van der Waals surface area contributed by atoms with Crippen molar-refractivity contribution in [2.45, 2.75) is 17.2 Å². The van der Waals surface area contributed by atoms with Crippen LogP contribution < -0.4 is 21.4 Å². The Balaban J connectivity index is 2.01. The first kappa shape index (κ1) is 22.3. The fourth-order valence-corrected chi connectivity index (χ4v) is 4.01. The number of amides is 1. The standard InChI is InChI=1S/C19H14IN7O3S/c1-9(17(28)24-11-5-3-10(20)4-6-11)31-18-13(8-22)14(12(7-21)16(23)25-18)15-19(29)30-26-27(15)2/h3-6,9H,1-2H3,(H3-,23,24,25,26,28,29)/p+1. The van der Waals surface area contributed by atoms with Gasteiger partial charge in [-0.25, -0.2) is 9.78 Å². The molecule has 31 heavy (non-hydrogen) atoms. The summed E-state index contributed by atoms with van der Waals surface area (Å²) >= 11 is 3.16. The Morgan fingerprint density at radius 1 is 1.32 bits per heavy atom. The van der Waals surface area contributed by atoms with Crippen molar-refractivity contribution in [1.82, 2.24) is 10.3 Å². The average molecular weight is 548 g/mol. The molecule has 4 N–H and O–H groups in total. The van der Waals surface area contributed by atoms with Gasteiger partial charge < -0.3 is 11.1 Å². The van der Waals surface area contributed by atoms with Crippen molar-refractivity contribution >= 4 is 51.8 Å². The number of thioether (sulfide) groups is 1. The number of nitrogens with two attached hydrogens (primary N) is 1. The first-order chi connectivity index (χ1) is 14.8. The molecule has 156 valence electrons. The van der Waals surface area contributed by atoms with Crippen LogP contribution in [0.1, 0.15) is 18.1 Å². The van der Waals surface area contributed by atoms with Crippen LogP contribution in [0.3, 0.4) is 0 Å². The van der Waals surface area contributed by atoms with Gasteiger partial charge in [-0.15, -0.1) is 0 Å². The molecule has 0 fully saturated rings. The zero-order chi connectivity index (χ0) is 22.7. The van der Waals surface area contributed by atoms with Gasteiger partial charge in [-0.2, -0.15) is 10.5 Å². The van der Waals surface area contributed by atoms with E-state index in [4.69, 9.17) is 10.3 Å². The minimum Gasteiger partial charge on any atom is -0.383 e. The number of carbonyl (C=O) groups is 1. The predicted molar refractivity (Wildman–Crippen MR) is 121 cm³/mol. The largest absolute Gasteiger partial charge is 0.435 e. The van der Waals surface area contributed by atoms with Crippen LogP contribution in [-0.2, 0) is 11.8 Å². The molecule has 10 nitrogen and oxygen atoms in total. The molecule has 0 aliphatic carbocycles. The van der Waals surface area contributed by atoms with E-state index in [0.717, 1.165) is 15.3 Å². The van der Waals surface area contributed by atoms with E-state index >= 15 is 0 Å².